The number of benzene rings is 1. The molecule has 3 atom stereocenters. The van der Waals surface area contributed by atoms with Crippen molar-refractivity contribution in [1.29, 1.82) is 0 Å². The van der Waals surface area contributed by atoms with E-state index in [9.17, 15) is 18.0 Å². The van der Waals surface area contributed by atoms with Gasteiger partial charge in [-0.1, -0.05) is 6.92 Å². The van der Waals surface area contributed by atoms with Crippen LogP contribution in [-0.2, 0) is 6.42 Å². The van der Waals surface area contributed by atoms with Crippen LogP contribution in [0, 0.1) is 11.7 Å². The number of halogens is 3. The summed E-state index contributed by atoms with van der Waals surface area (Å²) < 4.78 is 40.1. The second-order valence-electron chi connectivity index (χ2n) is 9.40. The fourth-order valence-corrected chi connectivity index (χ4v) is 5.08. The third-order valence-corrected chi connectivity index (χ3v) is 6.65. The molecule has 3 aromatic rings. The van der Waals surface area contributed by atoms with Crippen molar-refractivity contribution in [2.24, 2.45) is 11.7 Å². The summed E-state index contributed by atoms with van der Waals surface area (Å²) in [4.78, 5) is 23.2. The van der Waals surface area contributed by atoms with Gasteiger partial charge in [0, 0.05) is 42.9 Å². The van der Waals surface area contributed by atoms with Gasteiger partial charge in [0.15, 0.2) is 5.78 Å². The molecule has 0 bridgehead atoms. The first kappa shape index (κ1) is 24.1. The molecule has 4 rings (SSSR count). The number of nitrogens with zero attached hydrogens (tertiary/aromatic N) is 3. The van der Waals surface area contributed by atoms with Crippen molar-refractivity contribution in [1.82, 2.24) is 9.97 Å². The molecule has 1 aromatic carbocycles. The third-order valence-electron chi connectivity index (χ3n) is 6.65. The van der Waals surface area contributed by atoms with Gasteiger partial charge in [0.05, 0.1) is 23.9 Å². The molecule has 0 saturated heterocycles. The van der Waals surface area contributed by atoms with Gasteiger partial charge < -0.3 is 10.6 Å². The van der Waals surface area contributed by atoms with Gasteiger partial charge in [0.1, 0.15) is 5.82 Å². The Hall–Kier alpha value is -3.00. The Morgan fingerprint density at radius 1 is 1.21 bits per heavy atom. The minimum atomic E-state index is -2.53. The third kappa shape index (κ3) is 5.22. The number of Topliss-reactive ketones (excluding diaryl/α,β-unsaturated/α-hetero) is 1. The van der Waals surface area contributed by atoms with Gasteiger partial charge >= 0.3 is 0 Å². The zero-order valence-electron chi connectivity index (χ0n) is 19.3. The molecule has 2 heterocycles. The van der Waals surface area contributed by atoms with Gasteiger partial charge in [-0.15, -0.1) is 0 Å². The number of aromatic nitrogens is 2. The van der Waals surface area contributed by atoms with E-state index >= 15 is 0 Å². The van der Waals surface area contributed by atoms with E-state index in [1.54, 1.807) is 12.4 Å². The maximum Gasteiger partial charge on any atom is 0.255 e. The first-order valence-electron chi connectivity index (χ1n) is 11.5. The molecule has 1 saturated carbocycles. The van der Waals surface area contributed by atoms with E-state index in [2.05, 4.69) is 16.9 Å². The first-order valence-corrected chi connectivity index (χ1v) is 11.5. The maximum atomic E-state index is 14.6. The van der Waals surface area contributed by atoms with Crippen molar-refractivity contribution in [2.45, 2.75) is 51.0 Å². The Labute approximate surface area is 197 Å². The molecule has 1 fully saturated rings. The van der Waals surface area contributed by atoms with Crippen LogP contribution in [0.15, 0.2) is 42.9 Å². The molecule has 2 aromatic heterocycles. The Kier molecular flexibility index (Phi) is 7.16. The molecule has 5 nitrogen and oxygen atoms in total. The lowest BCUT2D eigenvalue weighted by atomic mass is 9.75. The van der Waals surface area contributed by atoms with Gasteiger partial charge in [-0.3, -0.25) is 14.8 Å². The molecule has 1 aliphatic carbocycles. The van der Waals surface area contributed by atoms with E-state index in [0.717, 1.165) is 30.4 Å². The predicted octanol–water partition coefficient (Wildman–Crippen LogP) is 5.13. The number of ketones is 1. The smallest absolute Gasteiger partial charge is 0.255 e. The Balaban J connectivity index is 1.64. The van der Waals surface area contributed by atoms with Gasteiger partial charge in [-0.2, -0.15) is 0 Å². The molecule has 0 amide bonds. The number of hydrogen-bond donors (Lipinski definition) is 1. The van der Waals surface area contributed by atoms with E-state index in [0.29, 0.717) is 17.2 Å². The number of nitrogens with two attached hydrogens (primary N) is 1. The predicted molar refractivity (Wildman–Crippen MR) is 127 cm³/mol. The van der Waals surface area contributed by atoms with E-state index in [4.69, 9.17) is 5.73 Å². The molecule has 180 valence electrons. The highest BCUT2D eigenvalue weighted by atomic mass is 19.3. The lowest BCUT2D eigenvalue weighted by Crippen LogP contribution is -2.31. The monoisotopic (exact) mass is 470 g/mol. The van der Waals surface area contributed by atoms with E-state index < -0.39 is 18.8 Å². The van der Waals surface area contributed by atoms with Crippen LogP contribution in [0.1, 0.15) is 53.6 Å². The van der Waals surface area contributed by atoms with Gasteiger partial charge in [0.25, 0.3) is 6.43 Å². The SMILES string of the molecule is C[C@@H]1C[C@H](N)C[C@H](c2ccncc2CC(=O)c2ccc(F)c3cc(N(C)CC(F)F)cnc23)C1. The van der Waals surface area contributed by atoms with Crippen molar-refractivity contribution in [3.8, 4) is 0 Å². The quantitative estimate of drug-likeness (QED) is 0.485. The molecule has 0 spiro atoms. The summed E-state index contributed by atoms with van der Waals surface area (Å²) in [7, 11) is 1.49. The standard InChI is InChI=1S/C26H29F3N4O/c1-15-7-16(9-18(30)8-15)20-5-6-31-12-17(20)10-24(34)21-3-4-23(27)22-11-19(13-32-26(21)22)33(2)14-25(28)29/h3-6,11-13,15-16,18,25H,7-10,14,30H2,1-2H3/t15-,16+,18-/m0/s1. The molecular formula is C26H29F3N4O. The van der Waals surface area contributed by atoms with Crippen LogP contribution in [0.3, 0.4) is 0 Å². The number of rotatable bonds is 7. The van der Waals surface area contributed by atoms with Crippen LogP contribution in [0.2, 0.25) is 0 Å². The van der Waals surface area contributed by atoms with E-state index in [1.165, 1.54) is 36.3 Å². The van der Waals surface area contributed by atoms with Crippen LogP contribution in [0.4, 0.5) is 18.9 Å². The molecule has 0 unspecified atom stereocenters. The van der Waals surface area contributed by atoms with E-state index in [-0.39, 0.29) is 35.1 Å². The van der Waals surface area contributed by atoms with Crippen molar-refractivity contribution in [3.63, 3.8) is 0 Å². The summed E-state index contributed by atoms with van der Waals surface area (Å²) in [6.45, 7) is 1.70. The van der Waals surface area contributed by atoms with Crippen LogP contribution in [0.25, 0.3) is 10.9 Å². The summed E-state index contributed by atoms with van der Waals surface area (Å²) in [6.07, 6.45) is 5.29. The maximum absolute atomic E-state index is 14.6. The summed E-state index contributed by atoms with van der Waals surface area (Å²) in [5, 5.41) is 0.128. The molecule has 8 heteroatoms. The molecule has 34 heavy (non-hydrogen) atoms. The van der Waals surface area contributed by atoms with E-state index in [1.807, 2.05) is 6.07 Å². The average molecular weight is 471 g/mol. The number of hydrogen-bond acceptors (Lipinski definition) is 5. The summed E-state index contributed by atoms with van der Waals surface area (Å²) in [6, 6.07) is 6.21. The normalized spacial score (nSPS) is 20.6. The van der Waals surface area contributed by atoms with Crippen molar-refractivity contribution >= 4 is 22.4 Å². The number of alkyl halides is 2. The molecule has 2 N–H and O–H groups in total. The van der Waals surface area contributed by atoms with Gasteiger partial charge in [0.2, 0.25) is 0 Å². The molecule has 0 radical (unpaired) electrons. The fourth-order valence-electron chi connectivity index (χ4n) is 5.08. The minimum absolute atomic E-state index is 0.110. The van der Waals surface area contributed by atoms with Gasteiger partial charge in [-0.25, -0.2) is 13.2 Å². The van der Waals surface area contributed by atoms with Crippen LogP contribution in [-0.4, -0.2) is 41.8 Å². The molecule has 1 aliphatic rings. The fraction of sp³-hybridized carbons (Fsp3) is 0.423. The number of anilines is 1. The zero-order chi connectivity index (χ0) is 24.4. The summed E-state index contributed by atoms with van der Waals surface area (Å²) in [5.41, 5.74) is 9.05. The zero-order valence-corrected chi connectivity index (χ0v) is 19.3. The average Bonchev–Trinajstić information content (AvgIpc) is 2.78. The first-order chi connectivity index (χ1) is 16.2. The minimum Gasteiger partial charge on any atom is -0.368 e. The number of pyridine rings is 2. The largest absolute Gasteiger partial charge is 0.368 e. The second kappa shape index (κ2) is 10.1. The van der Waals surface area contributed by atoms with Crippen molar-refractivity contribution < 1.29 is 18.0 Å². The summed E-state index contributed by atoms with van der Waals surface area (Å²) in [5.74, 6) is 0.0147. The van der Waals surface area contributed by atoms with Gasteiger partial charge in [-0.05, 0) is 66.5 Å². The topological polar surface area (TPSA) is 72.1 Å². The van der Waals surface area contributed by atoms with Crippen molar-refractivity contribution in [2.75, 3.05) is 18.5 Å². The highest BCUT2D eigenvalue weighted by molar-refractivity contribution is 6.08. The lowest BCUT2D eigenvalue weighted by Gasteiger charge is -2.32. The number of fused-ring (bicyclic) bond motifs is 1. The Morgan fingerprint density at radius 3 is 2.74 bits per heavy atom. The Bertz CT molecular complexity index is 1180. The second-order valence-corrected chi connectivity index (χ2v) is 9.40. The molecular weight excluding hydrogens is 441 g/mol. The lowest BCUT2D eigenvalue weighted by molar-refractivity contribution is 0.0993. The van der Waals surface area contributed by atoms with Crippen LogP contribution >= 0.6 is 0 Å². The van der Waals surface area contributed by atoms with Crippen LogP contribution < -0.4 is 10.6 Å². The summed E-state index contributed by atoms with van der Waals surface area (Å²) >= 11 is 0. The highest BCUT2D eigenvalue weighted by Crippen LogP contribution is 2.37. The molecule has 0 aliphatic heterocycles. The number of carbonyl (C=O) groups is 1. The van der Waals surface area contributed by atoms with Crippen LogP contribution in [0.5, 0.6) is 0 Å². The number of carbonyl (C=O) groups excluding carboxylic acids is 1. The highest BCUT2D eigenvalue weighted by Gasteiger charge is 2.28. The Morgan fingerprint density at radius 2 is 2.00 bits per heavy atom. The van der Waals surface area contributed by atoms with Crippen molar-refractivity contribution in [3.05, 3.63) is 65.4 Å².